The Bertz CT molecular complexity index is 633. The Kier molecular flexibility index (Phi) is 4.56. The highest BCUT2D eigenvalue weighted by molar-refractivity contribution is 5.56. The maximum absolute atomic E-state index is 4.58. The van der Waals surface area contributed by atoms with Crippen LogP contribution in [0.15, 0.2) is 30.5 Å². The standard InChI is InChI=1S/C18H24N4/c1-13-8-9-16(12-14(13)2)21-18-19-11-10-17(22-18)20-15-6-4-3-5-7-15/h8-12,15H,3-7H2,1-2H3,(H2,19,20,21,22). The first-order chi connectivity index (χ1) is 10.7. The molecule has 116 valence electrons. The van der Waals surface area contributed by atoms with Gasteiger partial charge in [0, 0.05) is 17.9 Å². The smallest absolute Gasteiger partial charge is 0.229 e. The third kappa shape index (κ3) is 3.75. The zero-order valence-electron chi connectivity index (χ0n) is 13.4. The molecule has 0 amide bonds. The van der Waals surface area contributed by atoms with Crippen LogP contribution in [0.2, 0.25) is 0 Å². The van der Waals surface area contributed by atoms with Gasteiger partial charge in [0.15, 0.2) is 0 Å². The Morgan fingerprint density at radius 1 is 1.00 bits per heavy atom. The average molecular weight is 296 g/mol. The molecule has 1 aliphatic rings. The number of hydrogen-bond acceptors (Lipinski definition) is 4. The van der Waals surface area contributed by atoms with Gasteiger partial charge >= 0.3 is 0 Å². The van der Waals surface area contributed by atoms with E-state index in [9.17, 15) is 0 Å². The number of anilines is 3. The summed E-state index contributed by atoms with van der Waals surface area (Å²) in [6, 6.07) is 8.80. The molecule has 0 aliphatic heterocycles. The van der Waals surface area contributed by atoms with Crippen LogP contribution in [0.4, 0.5) is 17.5 Å². The van der Waals surface area contributed by atoms with Gasteiger partial charge in [-0.05, 0) is 56.0 Å². The summed E-state index contributed by atoms with van der Waals surface area (Å²) in [5.41, 5.74) is 3.58. The minimum absolute atomic E-state index is 0.554. The van der Waals surface area contributed by atoms with Gasteiger partial charge in [-0.3, -0.25) is 0 Å². The summed E-state index contributed by atoms with van der Waals surface area (Å²) >= 11 is 0. The van der Waals surface area contributed by atoms with Crippen LogP contribution in [0, 0.1) is 13.8 Å². The number of nitrogens with zero attached hydrogens (tertiary/aromatic N) is 2. The van der Waals surface area contributed by atoms with Gasteiger partial charge in [-0.2, -0.15) is 4.98 Å². The first-order valence-corrected chi connectivity index (χ1v) is 8.14. The second-order valence-electron chi connectivity index (χ2n) is 6.17. The van der Waals surface area contributed by atoms with Crippen molar-refractivity contribution in [3.63, 3.8) is 0 Å². The molecule has 2 N–H and O–H groups in total. The molecule has 3 rings (SSSR count). The molecule has 1 fully saturated rings. The largest absolute Gasteiger partial charge is 0.367 e. The van der Waals surface area contributed by atoms with Gasteiger partial charge in [-0.15, -0.1) is 0 Å². The van der Waals surface area contributed by atoms with E-state index in [4.69, 9.17) is 0 Å². The number of benzene rings is 1. The number of rotatable bonds is 4. The van der Waals surface area contributed by atoms with Crippen molar-refractivity contribution >= 4 is 17.5 Å². The molecular formula is C18H24N4. The van der Waals surface area contributed by atoms with Crippen molar-refractivity contribution in [3.8, 4) is 0 Å². The van der Waals surface area contributed by atoms with Gasteiger partial charge in [0.2, 0.25) is 5.95 Å². The number of nitrogens with one attached hydrogen (secondary N) is 2. The molecular weight excluding hydrogens is 272 g/mol. The highest BCUT2D eigenvalue weighted by atomic mass is 15.1. The zero-order chi connectivity index (χ0) is 15.4. The van der Waals surface area contributed by atoms with E-state index >= 15 is 0 Å². The van der Waals surface area contributed by atoms with E-state index in [-0.39, 0.29) is 0 Å². The highest BCUT2D eigenvalue weighted by Gasteiger charge is 2.13. The van der Waals surface area contributed by atoms with Crippen molar-refractivity contribution in [2.45, 2.75) is 52.0 Å². The maximum Gasteiger partial charge on any atom is 0.229 e. The van der Waals surface area contributed by atoms with E-state index < -0.39 is 0 Å². The fourth-order valence-corrected chi connectivity index (χ4v) is 2.90. The van der Waals surface area contributed by atoms with E-state index in [0.717, 1.165) is 11.5 Å². The lowest BCUT2D eigenvalue weighted by molar-refractivity contribution is 0.462. The number of aryl methyl sites for hydroxylation is 2. The lowest BCUT2D eigenvalue weighted by atomic mass is 9.95. The Hall–Kier alpha value is -2.10. The van der Waals surface area contributed by atoms with Crippen LogP contribution in [-0.2, 0) is 0 Å². The Morgan fingerprint density at radius 3 is 2.59 bits per heavy atom. The fourth-order valence-electron chi connectivity index (χ4n) is 2.90. The third-order valence-electron chi connectivity index (χ3n) is 4.38. The molecule has 1 aromatic heterocycles. The predicted molar refractivity (Wildman–Crippen MR) is 91.7 cm³/mol. The van der Waals surface area contributed by atoms with Crippen molar-refractivity contribution in [1.82, 2.24) is 9.97 Å². The van der Waals surface area contributed by atoms with Crippen LogP contribution in [0.5, 0.6) is 0 Å². The van der Waals surface area contributed by atoms with E-state index in [1.165, 1.54) is 43.2 Å². The van der Waals surface area contributed by atoms with E-state index in [1.54, 1.807) is 0 Å². The molecule has 1 aliphatic carbocycles. The van der Waals surface area contributed by atoms with Gasteiger partial charge in [0.25, 0.3) is 0 Å². The van der Waals surface area contributed by atoms with Gasteiger partial charge in [-0.25, -0.2) is 4.98 Å². The van der Waals surface area contributed by atoms with Crippen LogP contribution in [0.25, 0.3) is 0 Å². The van der Waals surface area contributed by atoms with Crippen molar-refractivity contribution in [2.24, 2.45) is 0 Å². The second-order valence-corrected chi connectivity index (χ2v) is 6.17. The number of hydrogen-bond donors (Lipinski definition) is 2. The van der Waals surface area contributed by atoms with Crippen LogP contribution in [0.1, 0.15) is 43.2 Å². The minimum Gasteiger partial charge on any atom is -0.367 e. The van der Waals surface area contributed by atoms with Crippen LogP contribution < -0.4 is 10.6 Å². The zero-order valence-corrected chi connectivity index (χ0v) is 13.4. The van der Waals surface area contributed by atoms with E-state index in [1.807, 2.05) is 12.3 Å². The average Bonchev–Trinajstić information content (AvgIpc) is 2.52. The lowest BCUT2D eigenvalue weighted by Gasteiger charge is -2.23. The minimum atomic E-state index is 0.554. The van der Waals surface area contributed by atoms with E-state index in [2.05, 4.69) is 52.6 Å². The normalized spacial score (nSPS) is 15.5. The third-order valence-corrected chi connectivity index (χ3v) is 4.38. The van der Waals surface area contributed by atoms with Crippen molar-refractivity contribution in [2.75, 3.05) is 10.6 Å². The molecule has 0 radical (unpaired) electrons. The molecule has 0 spiro atoms. The Balaban J connectivity index is 1.68. The molecule has 22 heavy (non-hydrogen) atoms. The molecule has 0 unspecified atom stereocenters. The second kappa shape index (κ2) is 6.77. The monoisotopic (exact) mass is 296 g/mol. The summed E-state index contributed by atoms with van der Waals surface area (Å²) in [6.07, 6.45) is 8.28. The van der Waals surface area contributed by atoms with Gasteiger partial charge in [0.1, 0.15) is 5.82 Å². The van der Waals surface area contributed by atoms with Crippen LogP contribution in [0.3, 0.4) is 0 Å². The molecule has 0 bridgehead atoms. The summed E-state index contributed by atoms with van der Waals surface area (Å²) in [6.45, 7) is 4.23. The van der Waals surface area contributed by atoms with Crippen molar-refractivity contribution in [1.29, 1.82) is 0 Å². The summed E-state index contributed by atoms with van der Waals surface area (Å²) < 4.78 is 0. The molecule has 2 aromatic rings. The topological polar surface area (TPSA) is 49.8 Å². The molecule has 0 saturated heterocycles. The van der Waals surface area contributed by atoms with Crippen LogP contribution in [-0.4, -0.2) is 16.0 Å². The molecule has 4 nitrogen and oxygen atoms in total. The fraction of sp³-hybridized carbons (Fsp3) is 0.444. The molecule has 0 atom stereocenters. The first kappa shape index (κ1) is 14.8. The van der Waals surface area contributed by atoms with Crippen molar-refractivity contribution < 1.29 is 0 Å². The van der Waals surface area contributed by atoms with Gasteiger partial charge in [0.05, 0.1) is 0 Å². The molecule has 1 saturated carbocycles. The summed E-state index contributed by atoms with van der Waals surface area (Å²) in [4.78, 5) is 8.90. The maximum atomic E-state index is 4.58. The SMILES string of the molecule is Cc1ccc(Nc2nccc(NC3CCCCC3)n2)cc1C. The molecule has 4 heteroatoms. The summed E-state index contributed by atoms with van der Waals surface area (Å²) in [7, 11) is 0. The van der Waals surface area contributed by atoms with E-state index in [0.29, 0.717) is 12.0 Å². The molecule has 1 aromatic carbocycles. The number of aromatic nitrogens is 2. The first-order valence-electron chi connectivity index (χ1n) is 8.14. The predicted octanol–water partition coefficient (Wildman–Crippen LogP) is 4.58. The van der Waals surface area contributed by atoms with Crippen LogP contribution >= 0.6 is 0 Å². The Morgan fingerprint density at radius 2 is 1.82 bits per heavy atom. The lowest BCUT2D eigenvalue weighted by Crippen LogP contribution is -2.22. The molecule has 1 heterocycles. The Labute approximate surface area is 132 Å². The van der Waals surface area contributed by atoms with Gasteiger partial charge < -0.3 is 10.6 Å². The highest BCUT2D eigenvalue weighted by Crippen LogP contribution is 2.22. The van der Waals surface area contributed by atoms with Gasteiger partial charge in [-0.1, -0.05) is 25.3 Å². The summed E-state index contributed by atoms with van der Waals surface area (Å²) in [5.74, 6) is 1.55. The quantitative estimate of drug-likeness (QED) is 0.867. The van der Waals surface area contributed by atoms with Crippen molar-refractivity contribution in [3.05, 3.63) is 41.6 Å². The summed E-state index contributed by atoms with van der Waals surface area (Å²) in [5, 5.41) is 6.82.